The third-order valence-electron chi connectivity index (χ3n) is 7.91. The van der Waals surface area contributed by atoms with Crippen molar-refractivity contribution in [2.45, 2.75) is 25.0 Å². The fourth-order valence-corrected chi connectivity index (χ4v) is 5.47. The van der Waals surface area contributed by atoms with Crippen LogP contribution in [0.5, 0.6) is 11.5 Å². The highest BCUT2D eigenvalue weighted by atomic mass is 16.5. The van der Waals surface area contributed by atoms with Gasteiger partial charge in [-0.2, -0.15) is 5.26 Å². The van der Waals surface area contributed by atoms with Crippen LogP contribution in [0.25, 0.3) is 11.3 Å². The monoisotopic (exact) mass is 570 g/mol. The Bertz CT molecular complexity index is 1460. The van der Waals surface area contributed by atoms with E-state index in [0.29, 0.717) is 72.3 Å². The molecule has 0 spiro atoms. The smallest absolute Gasteiger partial charge is 0.257 e. The van der Waals surface area contributed by atoms with Gasteiger partial charge in [-0.15, -0.1) is 0 Å². The van der Waals surface area contributed by atoms with Crippen LogP contribution in [-0.4, -0.2) is 97.5 Å². The predicted octanol–water partition coefficient (Wildman–Crippen LogP) is 3.48. The lowest BCUT2D eigenvalue weighted by molar-refractivity contribution is -0.0256. The number of benzene rings is 2. The number of carbonyl (C=O) groups is 1. The average Bonchev–Trinajstić information content (AvgIpc) is 3.01. The first-order valence-corrected chi connectivity index (χ1v) is 14.3. The lowest BCUT2D eigenvalue weighted by Crippen LogP contribution is -2.62. The summed E-state index contributed by atoms with van der Waals surface area (Å²) in [5.74, 6) is 1.39. The van der Waals surface area contributed by atoms with Crippen LogP contribution in [0.3, 0.4) is 0 Å². The normalized spacial score (nSPS) is 18.1. The number of nitrogens with one attached hydrogen (secondary N) is 1. The van der Waals surface area contributed by atoms with Crippen LogP contribution in [-0.2, 0) is 9.47 Å². The zero-order chi connectivity index (χ0) is 28.9. The maximum absolute atomic E-state index is 13.2. The quantitative estimate of drug-likeness (QED) is 0.431. The fourth-order valence-electron chi connectivity index (χ4n) is 5.47. The van der Waals surface area contributed by atoms with Gasteiger partial charge in [0.1, 0.15) is 23.7 Å². The molecular formula is C31H34N6O5. The van der Waals surface area contributed by atoms with Gasteiger partial charge in [-0.05, 0) is 36.4 Å². The van der Waals surface area contributed by atoms with Crippen molar-refractivity contribution in [1.29, 1.82) is 5.26 Å². The number of methoxy groups -OCH3 is 1. The number of hydrogen-bond donors (Lipinski definition) is 1. The number of likely N-dealkylation sites (tertiary alicyclic amines) is 1. The number of rotatable bonds is 8. The maximum Gasteiger partial charge on any atom is 0.257 e. The molecule has 3 saturated heterocycles. The number of hydrogen-bond acceptors (Lipinski definition) is 10. The van der Waals surface area contributed by atoms with Crippen LogP contribution >= 0.6 is 0 Å². The molecule has 6 rings (SSSR count). The highest BCUT2D eigenvalue weighted by molar-refractivity contribution is 5.98. The predicted molar refractivity (Wildman–Crippen MR) is 155 cm³/mol. The van der Waals surface area contributed by atoms with E-state index in [2.05, 4.69) is 26.3 Å². The molecule has 2 aromatic carbocycles. The van der Waals surface area contributed by atoms with E-state index in [9.17, 15) is 10.1 Å². The number of nitrogens with zero attached hydrogens (tertiary/aromatic N) is 5. The molecule has 0 unspecified atom stereocenters. The first kappa shape index (κ1) is 27.9. The SMILES string of the molecule is COc1cc(Nc2nccc(-c3ccc(OC4CCOCC4)c(C#N)c3)n2)ccc1C(=O)N1CC(N2CCOCC2)C1. The summed E-state index contributed by atoms with van der Waals surface area (Å²) in [6, 6.07) is 15.3. The van der Waals surface area contributed by atoms with E-state index >= 15 is 0 Å². The van der Waals surface area contributed by atoms with Crippen molar-refractivity contribution in [2.75, 3.05) is 65.0 Å². The molecule has 3 fully saturated rings. The molecule has 4 heterocycles. The molecule has 218 valence electrons. The minimum Gasteiger partial charge on any atom is -0.496 e. The minimum atomic E-state index is -0.0429. The third kappa shape index (κ3) is 6.16. The van der Waals surface area contributed by atoms with E-state index in [1.54, 1.807) is 37.6 Å². The summed E-state index contributed by atoms with van der Waals surface area (Å²) >= 11 is 0. The van der Waals surface area contributed by atoms with Crippen molar-refractivity contribution in [3.8, 4) is 28.8 Å². The Balaban J connectivity index is 1.12. The summed E-state index contributed by atoms with van der Waals surface area (Å²) in [7, 11) is 1.56. The Kier molecular flexibility index (Phi) is 8.46. The lowest BCUT2D eigenvalue weighted by Gasteiger charge is -2.46. The van der Waals surface area contributed by atoms with E-state index in [-0.39, 0.29) is 12.0 Å². The van der Waals surface area contributed by atoms with Crippen molar-refractivity contribution in [3.05, 3.63) is 59.8 Å². The van der Waals surface area contributed by atoms with Crippen molar-refractivity contribution in [1.82, 2.24) is 19.8 Å². The molecule has 0 saturated carbocycles. The Hall–Kier alpha value is -4.24. The molecule has 3 aromatic rings. The van der Waals surface area contributed by atoms with Crippen LogP contribution in [0.4, 0.5) is 11.6 Å². The summed E-state index contributed by atoms with van der Waals surface area (Å²) in [6.45, 7) is 6.07. The summed E-state index contributed by atoms with van der Waals surface area (Å²) in [6.07, 6.45) is 3.32. The molecule has 42 heavy (non-hydrogen) atoms. The number of anilines is 2. The van der Waals surface area contributed by atoms with Crippen LogP contribution < -0.4 is 14.8 Å². The van der Waals surface area contributed by atoms with Crippen LogP contribution in [0.1, 0.15) is 28.8 Å². The van der Waals surface area contributed by atoms with E-state index < -0.39 is 0 Å². The van der Waals surface area contributed by atoms with Gasteiger partial charge in [-0.25, -0.2) is 9.97 Å². The maximum atomic E-state index is 13.2. The Morgan fingerprint density at radius 3 is 2.57 bits per heavy atom. The molecular weight excluding hydrogens is 536 g/mol. The Morgan fingerprint density at radius 2 is 1.81 bits per heavy atom. The van der Waals surface area contributed by atoms with Gasteiger partial charge in [0.2, 0.25) is 5.95 Å². The first-order chi connectivity index (χ1) is 20.6. The van der Waals surface area contributed by atoms with Gasteiger partial charge in [-0.3, -0.25) is 9.69 Å². The summed E-state index contributed by atoms with van der Waals surface area (Å²) in [4.78, 5) is 26.5. The number of ether oxygens (including phenoxy) is 4. The van der Waals surface area contributed by atoms with Crippen LogP contribution in [0.15, 0.2) is 48.7 Å². The number of morpholine rings is 1. The molecule has 1 amide bonds. The van der Waals surface area contributed by atoms with Crippen molar-refractivity contribution >= 4 is 17.5 Å². The van der Waals surface area contributed by atoms with Crippen molar-refractivity contribution in [3.63, 3.8) is 0 Å². The third-order valence-corrected chi connectivity index (χ3v) is 7.91. The number of carbonyl (C=O) groups excluding carboxylic acids is 1. The van der Waals surface area contributed by atoms with Crippen molar-refractivity contribution in [2.24, 2.45) is 0 Å². The van der Waals surface area contributed by atoms with E-state index in [1.807, 2.05) is 23.1 Å². The van der Waals surface area contributed by atoms with Gasteiger partial charge in [-0.1, -0.05) is 0 Å². The summed E-state index contributed by atoms with van der Waals surface area (Å²) in [5.41, 5.74) is 3.10. The van der Waals surface area contributed by atoms with E-state index in [1.165, 1.54) is 0 Å². The topological polar surface area (TPSA) is 122 Å². The first-order valence-electron chi connectivity index (χ1n) is 14.3. The average molecular weight is 571 g/mol. The van der Waals surface area contributed by atoms with Crippen LogP contribution in [0, 0.1) is 11.3 Å². The van der Waals surface area contributed by atoms with Gasteiger partial charge >= 0.3 is 0 Å². The molecule has 3 aliphatic heterocycles. The molecule has 1 N–H and O–H groups in total. The van der Waals surface area contributed by atoms with Gasteiger partial charge in [0.05, 0.1) is 50.4 Å². The van der Waals surface area contributed by atoms with Gasteiger partial charge < -0.3 is 29.2 Å². The minimum absolute atomic E-state index is 0.0429. The molecule has 0 atom stereocenters. The fraction of sp³-hybridized carbons (Fsp3) is 0.419. The van der Waals surface area contributed by atoms with Gasteiger partial charge in [0.15, 0.2) is 0 Å². The summed E-state index contributed by atoms with van der Waals surface area (Å²) < 4.78 is 22.5. The molecule has 3 aliphatic rings. The lowest BCUT2D eigenvalue weighted by atomic mass is 10.0. The Labute approximate surface area is 245 Å². The Morgan fingerprint density at radius 1 is 1.02 bits per heavy atom. The molecule has 0 radical (unpaired) electrons. The van der Waals surface area contributed by atoms with E-state index in [0.717, 1.165) is 44.7 Å². The van der Waals surface area contributed by atoms with Crippen LogP contribution in [0.2, 0.25) is 0 Å². The second-order valence-corrected chi connectivity index (χ2v) is 10.6. The highest BCUT2D eigenvalue weighted by Gasteiger charge is 2.36. The molecule has 0 aliphatic carbocycles. The molecule has 11 heteroatoms. The standard InChI is InChI=1S/C31H34N6O5/c1-39-29-17-23(3-4-26(29)30(38)37-19-24(20-37)36-10-14-41-15-11-36)34-31-33-9-6-27(35-31)21-2-5-28(22(16-21)18-32)42-25-7-12-40-13-8-25/h2-6,9,16-17,24-25H,7-8,10-15,19-20H2,1H3,(H,33,34,35). The molecule has 1 aromatic heterocycles. The molecule has 11 nitrogen and oxygen atoms in total. The van der Waals surface area contributed by atoms with Gasteiger partial charge in [0.25, 0.3) is 5.91 Å². The second-order valence-electron chi connectivity index (χ2n) is 10.6. The number of aromatic nitrogens is 2. The number of amides is 1. The largest absolute Gasteiger partial charge is 0.496 e. The summed E-state index contributed by atoms with van der Waals surface area (Å²) in [5, 5.41) is 13.0. The van der Waals surface area contributed by atoms with Gasteiger partial charge in [0, 0.05) is 68.6 Å². The van der Waals surface area contributed by atoms with Crippen molar-refractivity contribution < 1.29 is 23.7 Å². The van der Waals surface area contributed by atoms with E-state index in [4.69, 9.17) is 18.9 Å². The molecule has 0 bridgehead atoms. The number of nitriles is 1. The highest BCUT2D eigenvalue weighted by Crippen LogP contribution is 2.30. The zero-order valence-corrected chi connectivity index (χ0v) is 23.6. The second kappa shape index (κ2) is 12.7. The zero-order valence-electron chi connectivity index (χ0n) is 23.6.